The number of carboxylic acid groups (broad SMARTS) is 1. The van der Waals surface area contributed by atoms with E-state index in [0.29, 0.717) is 19.4 Å². The molecule has 1 rings (SSSR count). The van der Waals surface area contributed by atoms with Crippen LogP contribution in [0.3, 0.4) is 0 Å². The van der Waals surface area contributed by atoms with Crippen molar-refractivity contribution in [3.63, 3.8) is 0 Å². The summed E-state index contributed by atoms with van der Waals surface area (Å²) in [4.78, 5) is 24.2. The first-order valence-corrected chi connectivity index (χ1v) is 6.33. The summed E-state index contributed by atoms with van der Waals surface area (Å²) in [6, 6.07) is 8.40. The third-order valence-corrected chi connectivity index (χ3v) is 2.98. The largest absolute Gasteiger partial charge is 0.480 e. The monoisotopic (exact) mass is 264 g/mol. The van der Waals surface area contributed by atoms with E-state index in [1.807, 2.05) is 37.3 Å². The van der Waals surface area contributed by atoms with E-state index < -0.39 is 12.0 Å². The van der Waals surface area contributed by atoms with Gasteiger partial charge >= 0.3 is 12.0 Å². The number of nitrogens with zero attached hydrogens (tertiary/aromatic N) is 1. The number of carboxylic acids is 1. The molecule has 2 N–H and O–H groups in total. The number of carbonyl (C=O) groups excluding carboxylic acids is 1. The van der Waals surface area contributed by atoms with Crippen LogP contribution in [-0.2, 0) is 11.2 Å². The molecule has 0 spiro atoms. The summed E-state index contributed by atoms with van der Waals surface area (Å²) in [6.45, 7) is 2.37. The molecule has 1 atom stereocenters. The van der Waals surface area contributed by atoms with Crippen molar-refractivity contribution in [2.75, 3.05) is 13.6 Å². The molecule has 0 radical (unpaired) electrons. The zero-order valence-corrected chi connectivity index (χ0v) is 11.3. The Morgan fingerprint density at radius 1 is 1.32 bits per heavy atom. The van der Waals surface area contributed by atoms with Gasteiger partial charge in [0.1, 0.15) is 6.04 Å². The van der Waals surface area contributed by atoms with Gasteiger partial charge in [0.15, 0.2) is 0 Å². The van der Waals surface area contributed by atoms with Crippen molar-refractivity contribution in [3.8, 4) is 0 Å². The van der Waals surface area contributed by atoms with E-state index in [9.17, 15) is 9.59 Å². The number of urea groups is 1. The summed E-state index contributed by atoms with van der Waals surface area (Å²) in [5.41, 5.74) is 1.06. The van der Waals surface area contributed by atoms with Crippen molar-refractivity contribution in [2.45, 2.75) is 25.8 Å². The van der Waals surface area contributed by atoms with Gasteiger partial charge in [0.25, 0.3) is 0 Å². The van der Waals surface area contributed by atoms with Crippen LogP contribution >= 0.6 is 0 Å². The van der Waals surface area contributed by atoms with Gasteiger partial charge in [0, 0.05) is 13.6 Å². The molecule has 19 heavy (non-hydrogen) atoms. The van der Waals surface area contributed by atoms with E-state index >= 15 is 0 Å². The maximum absolute atomic E-state index is 11.7. The molecule has 1 unspecified atom stereocenters. The van der Waals surface area contributed by atoms with E-state index in [-0.39, 0.29) is 6.03 Å². The van der Waals surface area contributed by atoms with Gasteiger partial charge in [-0.25, -0.2) is 9.59 Å². The normalized spacial score (nSPS) is 11.7. The Balaban J connectivity index is 2.54. The SMILES string of the molecule is CCN(C)C(=O)NC(CCc1ccccc1)C(=O)O. The van der Waals surface area contributed by atoms with Crippen molar-refractivity contribution < 1.29 is 14.7 Å². The van der Waals surface area contributed by atoms with Crippen LogP contribution in [0.15, 0.2) is 30.3 Å². The third-order valence-electron chi connectivity index (χ3n) is 2.98. The molecule has 5 heteroatoms. The Labute approximate surface area is 113 Å². The molecule has 104 valence electrons. The predicted octanol–water partition coefficient (Wildman–Crippen LogP) is 1.73. The van der Waals surface area contributed by atoms with Gasteiger partial charge in [-0.15, -0.1) is 0 Å². The fraction of sp³-hybridized carbons (Fsp3) is 0.429. The summed E-state index contributed by atoms with van der Waals surface area (Å²) < 4.78 is 0. The topological polar surface area (TPSA) is 69.6 Å². The van der Waals surface area contributed by atoms with E-state index in [0.717, 1.165) is 5.56 Å². The zero-order chi connectivity index (χ0) is 14.3. The Morgan fingerprint density at radius 3 is 2.47 bits per heavy atom. The van der Waals surface area contributed by atoms with Gasteiger partial charge in [-0.2, -0.15) is 0 Å². The van der Waals surface area contributed by atoms with Gasteiger partial charge < -0.3 is 15.3 Å². The summed E-state index contributed by atoms with van der Waals surface area (Å²) >= 11 is 0. The molecular formula is C14H20N2O3. The number of hydrogen-bond acceptors (Lipinski definition) is 2. The highest BCUT2D eigenvalue weighted by Gasteiger charge is 2.20. The second kappa shape index (κ2) is 7.41. The number of carbonyl (C=O) groups is 2. The number of aryl methyl sites for hydroxylation is 1. The first-order chi connectivity index (χ1) is 9.04. The lowest BCUT2D eigenvalue weighted by atomic mass is 10.1. The Kier molecular flexibility index (Phi) is 5.85. The molecule has 0 aliphatic heterocycles. The fourth-order valence-corrected chi connectivity index (χ4v) is 1.62. The molecule has 5 nitrogen and oxygen atoms in total. The second-order valence-electron chi connectivity index (χ2n) is 4.38. The Hall–Kier alpha value is -2.04. The molecule has 1 aromatic rings. The summed E-state index contributed by atoms with van der Waals surface area (Å²) in [7, 11) is 1.63. The van der Waals surface area contributed by atoms with Crippen LogP contribution in [0, 0.1) is 0 Å². The Bertz CT molecular complexity index is 420. The van der Waals surface area contributed by atoms with Gasteiger partial charge in [0.2, 0.25) is 0 Å². The summed E-state index contributed by atoms with van der Waals surface area (Å²) in [6.07, 6.45) is 0.997. The zero-order valence-electron chi connectivity index (χ0n) is 11.3. The number of rotatable bonds is 6. The number of amides is 2. The molecule has 0 saturated heterocycles. The highest BCUT2D eigenvalue weighted by atomic mass is 16.4. The molecule has 0 aliphatic rings. The molecule has 0 fully saturated rings. The van der Waals surface area contributed by atoms with Crippen molar-refractivity contribution in [3.05, 3.63) is 35.9 Å². The molecule has 0 heterocycles. The van der Waals surface area contributed by atoms with Crippen LogP contribution in [0.5, 0.6) is 0 Å². The van der Waals surface area contributed by atoms with Crippen molar-refractivity contribution in [1.29, 1.82) is 0 Å². The molecule has 0 saturated carbocycles. The van der Waals surface area contributed by atoms with Crippen LogP contribution in [0.1, 0.15) is 18.9 Å². The lowest BCUT2D eigenvalue weighted by molar-refractivity contribution is -0.139. The van der Waals surface area contributed by atoms with E-state index in [4.69, 9.17) is 5.11 Å². The van der Waals surface area contributed by atoms with Crippen LogP contribution < -0.4 is 5.32 Å². The molecule has 0 aromatic heterocycles. The van der Waals surface area contributed by atoms with Crippen LogP contribution in [0.2, 0.25) is 0 Å². The van der Waals surface area contributed by atoms with Crippen molar-refractivity contribution in [2.24, 2.45) is 0 Å². The smallest absolute Gasteiger partial charge is 0.326 e. The van der Waals surface area contributed by atoms with Gasteiger partial charge in [-0.05, 0) is 25.3 Å². The quantitative estimate of drug-likeness (QED) is 0.822. The average molecular weight is 264 g/mol. The molecular weight excluding hydrogens is 244 g/mol. The van der Waals surface area contributed by atoms with Crippen molar-refractivity contribution in [1.82, 2.24) is 10.2 Å². The van der Waals surface area contributed by atoms with Crippen LogP contribution in [0.25, 0.3) is 0 Å². The Morgan fingerprint density at radius 2 is 1.95 bits per heavy atom. The molecule has 1 aromatic carbocycles. The van der Waals surface area contributed by atoms with Gasteiger partial charge in [-0.3, -0.25) is 0 Å². The maximum Gasteiger partial charge on any atom is 0.326 e. The number of hydrogen-bond donors (Lipinski definition) is 2. The minimum Gasteiger partial charge on any atom is -0.480 e. The molecule has 0 bridgehead atoms. The number of benzene rings is 1. The number of aliphatic carboxylic acids is 1. The average Bonchev–Trinajstić information content (AvgIpc) is 2.42. The molecule has 0 aliphatic carbocycles. The number of nitrogens with one attached hydrogen (secondary N) is 1. The highest BCUT2D eigenvalue weighted by Crippen LogP contribution is 2.05. The van der Waals surface area contributed by atoms with Gasteiger partial charge in [0.05, 0.1) is 0 Å². The first-order valence-electron chi connectivity index (χ1n) is 6.33. The van der Waals surface area contributed by atoms with E-state index in [1.165, 1.54) is 4.90 Å². The third kappa shape index (κ3) is 4.99. The van der Waals surface area contributed by atoms with Crippen LogP contribution in [-0.4, -0.2) is 41.6 Å². The minimum absolute atomic E-state index is 0.358. The first kappa shape index (κ1) is 15.0. The summed E-state index contributed by atoms with van der Waals surface area (Å²) in [5, 5.41) is 11.6. The van der Waals surface area contributed by atoms with Gasteiger partial charge in [-0.1, -0.05) is 30.3 Å². The predicted molar refractivity (Wildman–Crippen MR) is 73.0 cm³/mol. The van der Waals surface area contributed by atoms with E-state index in [1.54, 1.807) is 7.05 Å². The molecule has 2 amide bonds. The highest BCUT2D eigenvalue weighted by molar-refractivity contribution is 5.82. The lowest BCUT2D eigenvalue weighted by Gasteiger charge is -2.20. The van der Waals surface area contributed by atoms with Crippen LogP contribution in [0.4, 0.5) is 4.79 Å². The van der Waals surface area contributed by atoms with Crippen molar-refractivity contribution >= 4 is 12.0 Å². The second-order valence-corrected chi connectivity index (χ2v) is 4.38. The standard InChI is InChI=1S/C14H20N2O3/c1-3-16(2)14(19)15-12(13(17)18)10-9-11-7-5-4-6-8-11/h4-8,12H,3,9-10H2,1-2H3,(H,15,19)(H,17,18). The maximum atomic E-state index is 11.7. The lowest BCUT2D eigenvalue weighted by Crippen LogP contribution is -2.46. The minimum atomic E-state index is -1.01. The fourth-order valence-electron chi connectivity index (χ4n) is 1.62. The van der Waals surface area contributed by atoms with E-state index in [2.05, 4.69) is 5.32 Å². The summed E-state index contributed by atoms with van der Waals surface area (Å²) in [5.74, 6) is -1.01.